The van der Waals surface area contributed by atoms with Crippen molar-refractivity contribution in [2.24, 2.45) is 11.8 Å². The summed E-state index contributed by atoms with van der Waals surface area (Å²) in [7, 11) is 4.05. The molecule has 0 saturated carbocycles. The van der Waals surface area contributed by atoms with Gasteiger partial charge in [0.25, 0.3) is 0 Å². The summed E-state index contributed by atoms with van der Waals surface area (Å²) in [5.41, 5.74) is 4.39. The van der Waals surface area contributed by atoms with Crippen molar-refractivity contribution in [3.8, 4) is 0 Å². The summed E-state index contributed by atoms with van der Waals surface area (Å²) in [4.78, 5) is 14.6. The Kier molecular flexibility index (Phi) is 6.86. The molecule has 1 aromatic carbocycles. The van der Waals surface area contributed by atoms with Gasteiger partial charge >= 0.3 is 0 Å². The zero-order valence-corrected chi connectivity index (χ0v) is 15.1. The number of carbonyl (C=O) groups excluding carboxylic acids is 1. The van der Waals surface area contributed by atoms with Crippen LogP contribution in [0, 0.1) is 18.8 Å². The van der Waals surface area contributed by atoms with Gasteiger partial charge in [0.05, 0.1) is 0 Å². The van der Waals surface area contributed by atoms with Gasteiger partial charge in [0.15, 0.2) is 5.78 Å². The van der Waals surface area contributed by atoms with Gasteiger partial charge in [-0.1, -0.05) is 32.4 Å². The average molecular weight is 301 g/mol. The van der Waals surface area contributed by atoms with Crippen LogP contribution in [0.25, 0.3) is 0 Å². The highest BCUT2D eigenvalue weighted by Gasteiger charge is 2.16. The Bertz CT molecular complexity index is 531. The van der Waals surface area contributed by atoms with E-state index in [0.717, 1.165) is 30.4 Å². The molecule has 22 heavy (non-hydrogen) atoms. The highest BCUT2D eigenvalue weighted by Crippen LogP contribution is 2.23. The first-order valence-corrected chi connectivity index (χ1v) is 8.21. The van der Waals surface area contributed by atoms with Crippen LogP contribution in [0.3, 0.4) is 0 Å². The minimum absolute atomic E-state index is 0.0851. The molecule has 0 saturated heterocycles. The molecule has 2 nitrogen and oxygen atoms in total. The Balaban J connectivity index is 2.63. The normalized spacial score (nSPS) is 13.5. The Morgan fingerprint density at radius 2 is 1.77 bits per heavy atom. The van der Waals surface area contributed by atoms with E-state index in [2.05, 4.69) is 32.3 Å². The first-order valence-electron chi connectivity index (χ1n) is 8.21. The third-order valence-electron chi connectivity index (χ3n) is 4.53. The molecule has 0 aliphatic carbocycles. The molecular weight excluding hydrogens is 270 g/mol. The van der Waals surface area contributed by atoms with Gasteiger partial charge in [-0.05, 0) is 56.4 Å². The maximum absolute atomic E-state index is 12.6. The lowest BCUT2D eigenvalue weighted by molar-refractivity contribution is 0.0921. The van der Waals surface area contributed by atoms with Gasteiger partial charge in [-0.15, -0.1) is 0 Å². The summed E-state index contributed by atoms with van der Waals surface area (Å²) >= 11 is 0. The first-order chi connectivity index (χ1) is 10.2. The fraction of sp³-hybridized carbons (Fsp3) is 0.550. The number of Topliss-reactive ketones (excluding diaryl/α,β-unsaturated/α-hetero) is 1. The van der Waals surface area contributed by atoms with Crippen molar-refractivity contribution in [3.05, 3.63) is 41.5 Å². The quantitative estimate of drug-likeness (QED) is 0.482. The predicted octanol–water partition coefficient (Wildman–Crippen LogP) is 5.26. The zero-order valence-electron chi connectivity index (χ0n) is 15.1. The summed E-state index contributed by atoms with van der Waals surface area (Å²) in [5, 5.41) is 0. The molecule has 0 aliphatic heterocycles. The van der Waals surface area contributed by atoms with Crippen molar-refractivity contribution >= 4 is 11.5 Å². The molecule has 0 radical (unpaired) electrons. The van der Waals surface area contributed by atoms with E-state index in [-0.39, 0.29) is 11.7 Å². The number of hydrogen-bond donors (Lipinski definition) is 0. The van der Waals surface area contributed by atoms with E-state index in [0.29, 0.717) is 5.92 Å². The van der Waals surface area contributed by atoms with Crippen molar-refractivity contribution in [2.45, 2.75) is 47.0 Å². The van der Waals surface area contributed by atoms with Gasteiger partial charge in [-0.3, -0.25) is 4.79 Å². The molecule has 0 aliphatic rings. The van der Waals surface area contributed by atoms with E-state index in [4.69, 9.17) is 0 Å². The van der Waals surface area contributed by atoms with Crippen LogP contribution in [-0.2, 0) is 0 Å². The Morgan fingerprint density at radius 3 is 2.27 bits per heavy atom. The molecule has 1 rings (SSSR count). The number of benzene rings is 1. The number of anilines is 1. The molecular formula is C20H31NO. The monoisotopic (exact) mass is 301 g/mol. The second-order valence-electron chi connectivity index (χ2n) is 6.84. The van der Waals surface area contributed by atoms with E-state index in [1.165, 1.54) is 11.3 Å². The van der Waals surface area contributed by atoms with Crippen LogP contribution >= 0.6 is 0 Å². The van der Waals surface area contributed by atoms with Crippen LogP contribution in [0.5, 0.6) is 0 Å². The van der Waals surface area contributed by atoms with Crippen molar-refractivity contribution in [1.29, 1.82) is 0 Å². The third-order valence-corrected chi connectivity index (χ3v) is 4.53. The zero-order chi connectivity index (χ0) is 16.9. The summed E-state index contributed by atoms with van der Waals surface area (Å²) in [6.07, 6.45) is 3.15. The molecule has 1 aromatic rings. The van der Waals surface area contributed by atoms with E-state index >= 15 is 0 Å². The SMILES string of the molecule is C=C(C)C(C)CCCC(C)C(=O)c1ccc(N(C)C)c(C)c1. The molecule has 0 spiro atoms. The van der Waals surface area contributed by atoms with Crippen molar-refractivity contribution in [1.82, 2.24) is 0 Å². The minimum atomic E-state index is 0.0851. The number of hydrogen-bond acceptors (Lipinski definition) is 2. The van der Waals surface area contributed by atoms with E-state index in [1.807, 2.05) is 39.2 Å². The molecule has 2 atom stereocenters. The van der Waals surface area contributed by atoms with Gasteiger partial charge in [-0.25, -0.2) is 0 Å². The number of rotatable bonds is 8. The molecule has 2 unspecified atom stereocenters. The smallest absolute Gasteiger partial charge is 0.165 e. The molecule has 2 heteroatoms. The molecule has 122 valence electrons. The van der Waals surface area contributed by atoms with Crippen LogP contribution < -0.4 is 4.90 Å². The fourth-order valence-electron chi connectivity index (χ4n) is 2.70. The van der Waals surface area contributed by atoms with Crippen molar-refractivity contribution in [2.75, 3.05) is 19.0 Å². The molecule has 0 amide bonds. The first kappa shape index (κ1) is 18.5. The lowest BCUT2D eigenvalue weighted by Gasteiger charge is -2.17. The summed E-state index contributed by atoms with van der Waals surface area (Å²) in [5.74, 6) is 0.891. The van der Waals surface area contributed by atoms with Crippen LogP contribution in [0.1, 0.15) is 56.0 Å². The van der Waals surface area contributed by atoms with Gasteiger partial charge < -0.3 is 4.90 Å². The molecule has 0 fully saturated rings. The second-order valence-corrected chi connectivity index (χ2v) is 6.84. The van der Waals surface area contributed by atoms with E-state index in [9.17, 15) is 4.79 Å². The highest BCUT2D eigenvalue weighted by atomic mass is 16.1. The predicted molar refractivity (Wildman–Crippen MR) is 96.8 cm³/mol. The van der Waals surface area contributed by atoms with Gasteiger partial charge in [0.2, 0.25) is 0 Å². The molecule has 0 heterocycles. The highest BCUT2D eigenvalue weighted by molar-refractivity contribution is 5.98. The largest absolute Gasteiger partial charge is 0.377 e. The maximum Gasteiger partial charge on any atom is 0.165 e. The Hall–Kier alpha value is -1.57. The number of nitrogens with zero attached hydrogens (tertiary/aromatic N) is 1. The van der Waals surface area contributed by atoms with E-state index in [1.54, 1.807) is 0 Å². The van der Waals surface area contributed by atoms with Crippen molar-refractivity contribution in [3.63, 3.8) is 0 Å². The van der Waals surface area contributed by atoms with Crippen LogP contribution in [0.15, 0.2) is 30.4 Å². The second kappa shape index (κ2) is 8.17. The maximum atomic E-state index is 12.6. The molecule has 0 N–H and O–H groups in total. The lowest BCUT2D eigenvalue weighted by Crippen LogP contribution is -2.14. The number of ketones is 1. The lowest BCUT2D eigenvalue weighted by atomic mass is 9.90. The number of allylic oxidation sites excluding steroid dienone is 1. The van der Waals surface area contributed by atoms with Gasteiger partial charge in [0.1, 0.15) is 0 Å². The summed E-state index contributed by atoms with van der Waals surface area (Å²) < 4.78 is 0. The summed E-state index contributed by atoms with van der Waals surface area (Å²) in [6, 6.07) is 6.01. The average Bonchev–Trinajstić information content (AvgIpc) is 2.45. The Morgan fingerprint density at radius 1 is 1.18 bits per heavy atom. The minimum Gasteiger partial charge on any atom is -0.377 e. The number of aryl methyl sites for hydroxylation is 1. The topological polar surface area (TPSA) is 20.3 Å². The van der Waals surface area contributed by atoms with Gasteiger partial charge in [-0.2, -0.15) is 0 Å². The van der Waals surface area contributed by atoms with Crippen molar-refractivity contribution < 1.29 is 4.79 Å². The standard InChI is InChI=1S/C20H31NO/c1-14(2)15(3)9-8-10-16(4)20(22)18-11-12-19(21(6)7)17(5)13-18/h11-13,15-16H,1,8-10H2,2-7H3. The molecule has 0 aromatic heterocycles. The van der Waals surface area contributed by atoms with Crippen LogP contribution in [0.4, 0.5) is 5.69 Å². The number of carbonyl (C=O) groups is 1. The fourth-order valence-corrected chi connectivity index (χ4v) is 2.70. The van der Waals surface area contributed by atoms with Crippen LogP contribution in [0.2, 0.25) is 0 Å². The van der Waals surface area contributed by atoms with Gasteiger partial charge in [0, 0.05) is 31.3 Å². The molecule has 0 bridgehead atoms. The summed E-state index contributed by atoms with van der Waals surface area (Å²) in [6.45, 7) is 12.4. The third kappa shape index (κ3) is 5.01. The van der Waals surface area contributed by atoms with E-state index < -0.39 is 0 Å². The van der Waals surface area contributed by atoms with Crippen LogP contribution in [-0.4, -0.2) is 19.9 Å². The Labute approximate surface area is 136 Å².